The van der Waals surface area contributed by atoms with Crippen LogP contribution in [0.2, 0.25) is 0 Å². The fraction of sp³-hybridized carbons (Fsp3) is 0.526. The van der Waals surface area contributed by atoms with Gasteiger partial charge in [0.15, 0.2) is 0 Å². The summed E-state index contributed by atoms with van der Waals surface area (Å²) in [6, 6.07) is 3.89. The van der Waals surface area contributed by atoms with Crippen LogP contribution in [0.25, 0.3) is 0 Å². The number of unbranched alkanes of at least 4 members (excludes halogenated alkanes) is 1. The van der Waals surface area contributed by atoms with E-state index in [1.165, 1.54) is 58.4 Å². The number of aromatic hydroxyl groups is 1. The van der Waals surface area contributed by atoms with Gasteiger partial charge in [0, 0.05) is 35.4 Å². The van der Waals surface area contributed by atoms with Gasteiger partial charge in [-0.05, 0) is 37.5 Å². The van der Waals surface area contributed by atoms with Crippen molar-refractivity contribution in [3.63, 3.8) is 0 Å². The number of anilines is 1. The van der Waals surface area contributed by atoms with Crippen molar-refractivity contribution in [3.05, 3.63) is 23.8 Å². The molecule has 0 spiro atoms. The summed E-state index contributed by atoms with van der Waals surface area (Å²) in [5, 5.41) is 24.7. The molecule has 1 heterocycles. The molecule has 1 aromatic rings. The third-order valence-corrected chi connectivity index (χ3v) is 9.48. The zero-order valence-corrected chi connectivity index (χ0v) is 19.7. The van der Waals surface area contributed by atoms with Crippen LogP contribution in [0, 0.1) is 0 Å². The molecule has 1 fully saturated rings. The van der Waals surface area contributed by atoms with Crippen molar-refractivity contribution < 1.29 is 24.6 Å². The van der Waals surface area contributed by atoms with E-state index in [0.29, 0.717) is 24.4 Å². The molecule has 2 amide bonds. The topological polar surface area (TPSA) is 116 Å². The smallest absolute Gasteiger partial charge is 0.339 e. The highest BCUT2D eigenvalue weighted by Crippen LogP contribution is 2.39. The van der Waals surface area contributed by atoms with Gasteiger partial charge in [0.25, 0.3) is 0 Å². The van der Waals surface area contributed by atoms with Crippen LogP contribution >= 0.6 is 43.2 Å². The van der Waals surface area contributed by atoms with Gasteiger partial charge in [-0.15, -0.1) is 0 Å². The van der Waals surface area contributed by atoms with Crippen LogP contribution in [-0.4, -0.2) is 57.0 Å². The van der Waals surface area contributed by atoms with Crippen molar-refractivity contribution in [1.82, 2.24) is 5.32 Å². The maximum Gasteiger partial charge on any atom is 0.339 e. The molecule has 0 saturated carbocycles. The predicted molar refractivity (Wildman–Crippen MR) is 129 cm³/mol. The summed E-state index contributed by atoms with van der Waals surface area (Å²) >= 11 is 0. The summed E-state index contributed by atoms with van der Waals surface area (Å²) < 4.78 is 0. The summed E-state index contributed by atoms with van der Waals surface area (Å²) in [5.41, 5.74) is 0.0559. The maximum absolute atomic E-state index is 11.9. The Labute approximate surface area is 192 Å². The normalized spacial score (nSPS) is 15.7. The Bertz CT molecular complexity index is 729. The van der Waals surface area contributed by atoms with Gasteiger partial charge >= 0.3 is 5.97 Å². The number of aromatic carboxylic acids is 1. The Morgan fingerprint density at radius 1 is 1.17 bits per heavy atom. The van der Waals surface area contributed by atoms with Crippen LogP contribution in [0.3, 0.4) is 0 Å². The quantitative estimate of drug-likeness (QED) is 0.183. The van der Waals surface area contributed by atoms with Crippen molar-refractivity contribution in [2.75, 3.05) is 29.1 Å². The molecule has 1 aromatic carbocycles. The molecular formula is C19H26N2O5S4. The van der Waals surface area contributed by atoms with Gasteiger partial charge < -0.3 is 20.8 Å². The second-order valence-corrected chi connectivity index (χ2v) is 12.0. The van der Waals surface area contributed by atoms with E-state index in [1.807, 2.05) is 21.6 Å². The Morgan fingerprint density at radius 2 is 2.00 bits per heavy atom. The van der Waals surface area contributed by atoms with E-state index in [2.05, 4.69) is 10.6 Å². The monoisotopic (exact) mass is 490 g/mol. The Hall–Kier alpha value is -1.17. The van der Waals surface area contributed by atoms with Gasteiger partial charge in [-0.1, -0.05) is 49.6 Å². The molecule has 2 rings (SSSR count). The van der Waals surface area contributed by atoms with E-state index in [9.17, 15) is 19.5 Å². The number of hydrogen-bond donors (Lipinski definition) is 4. The fourth-order valence-corrected chi connectivity index (χ4v) is 7.45. The molecule has 11 heteroatoms. The van der Waals surface area contributed by atoms with Gasteiger partial charge in [0.1, 0.15) is 11.3 Å². The summed E-state index contributed by atoms with van der Waals surface area (Å²) in [5.74, 6) is 0.337. The van der Waals surface area contributed by atoms with E-state index in [-0.39, 0.29) is 28.9 Å². The van der Waals surface area contributed by atoms with Crippen LogP contribution < -0.4 is 10.6 Å². The molecule has 1 atom stereocenters. The number of carboxylic acid groups (broad SMARTS) is 1. The standard InChI is InChI=1S/C19H26N2O5S4/c22-16-6-5-13(11-15(16)19(25)26)21-18(24)12-29-27-10-8-20-17(23)4-2-1-3-14-7-9-28-30-14/h5-6,11,14,22H,1-4,7-10,12H2,(H,20,23)(H,21,24)(H,25,26). The molecule has 1 saturated heterocycles. The summed E-state index contributed by atoms with van der Waals surface area (Å²) in [6.07, 6.45) is 5.07. The lowest BCUT2D eigenvalue weighted by Crippen LogP contribution is -2.25. The second-order valence-electron chi connectivity index (χ2n) is 6.59. The Morgan fingerprint density at radius 3 is 2.73 bits per heavy atom. The van der Waals surface area contributed by atoms with Gasteiger partial charge in [0.2, 0.25) is 11.8 Å². The number of carbonyl (C=O) groups is 3. The molecule has 1 aliphatic heterocycles. The Kier molecular flexibility index (Phi) is 11.7. The molecule has 166 valence electrons. The zero-order valence-electron chi connectivity index (χ0n) is 16.4. The SMILES string of the molecule is O=C(CCCCC1CCSS1)NCCSSCC(=O)Nc1ccc(O)c(C(=O)O)c1. The number of nitrogens with one attached hydrogen (secondary N) is 2. The summed E-state index contributed by atoms with van der Waals surface area (Å²) in [6.45, 7) is 0.563. The zero-order chi connectivity index (χ0) is 21.8. The lowest BCUT2D eigenvalue weighted by Gasteiger charge is -2.08. The minimum Gasteiger partial charge on any atom is -0.507 e. The van der Waals surface area contributed by atoms with Crippen molar-refractivity contribution in [2.24, 2.45) is 0 Å². The third-order valence-electron chi connectivity index (χ3n) is 4.20. The van der Waals surface area contributed by atoms with E-state index in [4.69, 9.17) is 5.11 Å². The number of phenols is 1. The molecule has 0 radical (unpaired) electrons. The molecule has 0 bridgehead atoms. The number of benzene rings is 1. The number of hydrogen-bond acceptors (Lipinski definition) is 8. The first-order chi connectivity index (χ1) is 14.5. The van der Waals surface area contributed by atoms with E-state index >= 15 is 0 Å². The van der Waals surface area contributed by atoms with Crippen LogP contribution in [0.4, 0.5) is 5.69 Å². The van der Waals surface area contributed by atoms with Crippen molar-refractivity contribution in [2.45, 2.75) is 37.4 Å². The second kappa shape index (κ2) is 14.0. The third kappa shape index (κ3) is 9.76. The highest BCUT2D eigenvalue weighted by atomic mass is 33.1. The average molecular weight is 491 g/mol. The van der Waals surface area contributed by atoms with Gasteiger partial charge in [0.05, 0.1) is 5.75 Å². The highest BCUT2D eigenvalue weighted by molar-refractivity contribution is 8.77. The molecule has 1 unspecified atom stereocenters. The molecule has 0 aromatic heterocycles. The van der Waals surface area contributed by atoms with Crippen molar-refractivity contribution in [1.29, 1.82) is 0 Å². The van der Waals surface area contributed by atoms with E-state index in [0.717, 1.165) is 18.1 Å². The Balaban J connectivity index is 1.48. The first-order valence-electron chi connectivity index (χ1n) is 9.61. The molecular weight excluding hydrogens is 464 g/mol. The van der Waals surface area contributed by atoms with Crippen molar-refractivity contribution in [3.8, 4) is 5.75 Å². The molecule has 1 aliphatic rings. The lowest BCUT2D eigenvalue weighted by atomic mass is 10.1. The van der Waals surface area contributed by atoms with Gasteiger partial charge in [-0.3, -0.25) is 9.59 Å². The van der Waals surface area contributed by atoms with E-state index < -0.39 is 5.97 Å². The lowest BCUT2D eigenvalue weighted by molar-refractivity contribution is -0.121. The first kappa shape index (κ1) is 25.1. The average Bonchev–Trinajstić information content (AvgIpc) is 3.22. The minimum atomic E-state index is -1.26. The van der Waals surface area contributed by atoms with E-state index in [1.54, 1.807) is 0 Å². The van der Waals surface area contributed by atoms with Gasteiger partial charge in [-0.25, -0.2) is 4.79 Å². The number of carboxylic acids is 1. The highest BCUT2D eigenvalue weighted by Gasteiger charge is 2.16. The maximum atomic E-state index is 11.9. The van der Waals surface area contributed by atoms with Gasteiger partial charge in [-0.2, -0.15) is 0 Å². The van der Waals surface area contributed by atoms with Crippen molar-refractivity contribution >= 4 is 66.6 Å². The molecule has 30 heavy (non-hydrogen) atoms. The molecule has 0 aliphatic carbocycles. The number of amides is 2. The minimum absolute atomic E-state index is 0.0772. The van der Waals surface area contributed by atoms with Crippen LogP contribution in [-0.2, 0) is 9.59 Å². The van der Waals surface area contributed by atoms with Crippen LogP contribution in [0.5, 0.6) is 5.75 Å². The molecule has 7 nitrogen and oxygen atoms in total. The number of rotatable bonds is 13. The summed E-state index contributed by atoms with van der Waals surface area (Å²) in [7, 11) is 6.78. The fourth-order valence-electron chi connectivity index (χ4n) is 2.68. The first-order valence-corrected chi connectivity index (χ1v) is 14.5. The number of carbonyl (C=O) groups excluding carboxylic acids is 2. The largest absolute Gasteiger partial charge is 0.507 e. The van der Waals surface area contributed by atoms with Crippen LogP contribution in [0.1, 0.15) is 42.5 Å². The summed E-state index contributed by atoms with van der Waals surface area (Å²) in [4.78, 5) is 34.8. The molecule has 4 N–H and O–H groups in total. The predicted octanol–water partition coefficient (Wildman–Crippen LogP) is 4.24. The van der Waals surface area contributed by atoms with Crippen LogP contribution in [0.15, 0.2) is 18.2 Å².